The highest BCUT2D eigenvalue weighted by atomic mass is 35.5. The molecule has 0 saturated heterocycles. The Morgan fingerprint density at radius 1 is 1.35 bits per heavy atom. The van der Waals surface area contributed by atoms with Crippen molar-refractivity contribution >= 4 is 11.6 Å². The second-order valence-corrected chi connectivity index (χ2v) is 4.49. The zero-order valence-electron chi connectivity index (χ0n) is 10.2. The van der Waals surface area contributed by atoms with E-state index < -0.39 is 6.10 Å². The maximum Gasteiger partial charge on any atom is 0.137 e. The lowest BCUT2D eigenvalue weighted by Crippen LogP contribution is -2.01. The van der Waals surface area contributed by atoms with E-state index in [1.54, 1.807) is 13.2 Å². The van der Waals surface area contributed by atoms with Crippen LogP contribution in [0.1, 0.15) is 36.5 Å². The first-order valence-electron chi connectivity index (χ1n) is 5.73. The lowest BCUT2D eigenvalue weighted by atomic mass is 9.99. The van der Waals surface area contributed by atoms with Gasteiger partial charge in [0.15, 0.2) is 0 Å². The van der Waals surface area contributed by atoms with E-state index in [0.29, 0.717) is 23.6 Å². The number of aryl methyl sites for hydroxylation is 1. The molecular formula is C13H19ClO3. The van der Waals surface area contributed by atoms with Gasteiger partial charge in [-0.25, -0.2) is 0 Å². The molecule has 2 N–H and O–H groups in total. The summed E-state index contributed by atoms with van der Waals surface area (Å²) >= 11 is 6.03. The van der Waals surface area contributed by atoms with Gasteiger partial charge in [-0.05, 0) is 49.4 Å². The highest BCUT2D eigenvalue weighted by Gasteiger charge is 2.13. The number of hydrogen-bond acceptors (Lipinski definition) is 3. The number of halogens is 1. The summed E-state index contributed by atoms with van der Waals surface area (Å²) in [6, 6.07) is 3.58. The Kier molecular flexibility index (Phi) is 5.75. The van der Waals surface area contributed by atoms with Crippen LogP contribution >= 0.6 is 11.6 Å². The van der Waals surface area contributed by atoms with E-state index in [9.17, 15) is 5.11 Å². The van der Waals surface area contributed by atoms with E-state index in [1.165, 1.54) is 0 Å². The molecule has 0 heterocycles. The summed E-state index contributed by atoms with van der Waals surface area (Å²) in [5.41, 5.74) is 1.79. The van der Waals surface area contributed by atoms with Crippen LogP contribution in [0.25, 0.3) is 0 Å². The maximum absolute atomic E-state index is 10.0. The van der Waals surface area contributed by atoms with Crippen LogP contribution in [0.2, 0.25) is 5.02 Å². The molecule has 0 bridgehead atoms. The van der Waals surface area contributed by atoms with Gasteiger partial charge in [-0.3, -0.25) is 0 Å². The lowest BCUT2D eigenvalue weighted by Gasteiger charge is -2.15. The zero-order chi connectivity index (χ0) is 12.8. The number of hydrogen-bond donors (Lipinski definition) is 2. The van der Waals surface area contributed by atoms with Crippen LogP contribution in [0.4, 0.5) is 0 Å². The summed E-state index contributed by atoms with van der Waals surface area (Å²) in [7, 11) is 1.57. The summed E-state index contributed by atoms with van der Waals surface area (Å²) in [5, 5.41) is 19.2. The fourth-order valence-corrected chi connectivity index (χ4v) is 2.04. The van der Waals surface area contributed by atoms with Crippen molar-refractivity contribution < 1.29 is 14.9 Å². The summed E-state index contributed by atoms with van der Waals surface area (Å²) < 4.78 is 5.11. The van der Waals surface area contributed by atoms with Gasteiger partial charge in [0.25, 0.3) is 0 Å². The minimum absolute atomic E-state index is 0.162. The smallest absolute Gasteiger partial charge is 0.137 e. The summed E-state index contributed by atoms with van der Waals surface area (Å²) in [5.74, 6) is 0.621. The van der Waals surface area contributed by atoms with Gasteiger partial charge in [0.1, 0.15) is 5.75 Å². The molecule has 1 atom stereocenters. The largest absolute Gasteiger partial charge is 0.495 e. The molecule has 1 rings (SSSR count). The number of benzene rings is 1. The normalized spacial score (nSPS) is 12.5. The van der Waals surface area contributed by atoms with Crippen molar-refractivity contribution in [2.24, 2.45) is 0 Å². The highest BCUT2D eigenvalue weighted by molar-refractivity contribution is 6.32. The molecule has 1 aromatic carbocycles. The Morgan fingerprint density at radius 2 is 2.06 bits per heavy atom. The monoisotopic (exact) mass is 258 g/mol. The van der Waals surface area contributed by atoms with Crippen LogP contribution in [0.5, 0.6) is 5.75 Å². The minimum atomic E-state index is -0.537. The molecule has 1 aromatic rings. The molecule has 0 spiro atoms. The molecule has 0 radical (unpaired) electrons. The van der Waals surface area contributed by atoms with E-state index in [4.69, 9.17) is 21.4 Å². The second kappa shape index (κ2) is 6.84. The summed E-state index contributed by atoms with van der Waals surface area (Å²) in [4.78, 5) is 0. The van der Waals surface area contributed by atoms with Crippen molar-refractivity contribution in [2.75, 3.05) is 13.7 Å². The molecule has 0 aliphatic heterocycles. The number of unbranched alkanes of at least 4 members (excludes halogenated alkanes) is 1. The van der Waals surface area contributed by atoms with Crippen molar-refractivity contribution in [3.05, 3.63) is 28.3 Å². The average molecular weight is 259 g/mol. The molecule has 1 unspecified atom stereocenters. The predicted octanol–water partition coefficient (Wildman–Crippen LogP) is 2.85. The van der Waals surface area contributed by atoms with Gasteiger partial charge >= 0.3 is 0 Å². The quantitative estimate of drug-likeness (QED) is 0.772. The van der Waals surface area contributed by atoms with Crippen LogP contribution < -0.4 is 4.74 Å². The van der Waals surface area contributed by atoms with E-state index in [2.05, 4.69) is 0 Å². The molecule has 17 heavy (non-hydrogen) atoms. The van der Waals surface area contributed by atoms with Gasteiger partial charge in [-0.2, -0.15) is 0 Å². The van der Waals surface area contributed by atoms with Crippen LogP contribution in [0.3, 0.4) is 0 Å². The third kappa shape index (κ3) is 3.87. The van der Waals surface area contributed by atoms with Gasteiger partial charge in [0.05, 0.1) is 18.2 Å². The van der Waals surface area contributed by atoms with Gasteiger partial charge in [0.2, 0.25) is 0 Å². The van der Waals surface area contributed by atoms with Gasteiger partial charge in [-0.15, -0.1) is 0 Å². The number of aliphatic hydroxyl groups is 2. The lowest BCUT2D eigenvalue weighted by molar-refractivity contribution is 0.158. The Labute approximate surface area is 107 Å². The third-order valence-electron chi connectivity index (χ3n) is 2.79. The van der Waals surface area contributed by atoms with Crippen LogP contribution in [-0.2, 0) is 0 Å². The Hall–Kier alpha value is -0.770. The molecule has 0 aliphatic rings. The van der Waals surface area contributed by atoms with E-state index in [0.717, 1.165) is 17.5 Å². The average Bonchev–Trinajstić information content (AvgIpc) is 2.31. The fourth-order valence-electron chi connectivity index (χ4n) is 1.79. The maximum atomic E-state index is 10.0. The molecule has 0 fully saturated rings. The predicted molar refractivity (Wildman–Crippen MR) is 68.6 cm³/mol. The van der Waals surface area contributed by atoms with Crippen LogP contribution in [0, 0.1) is 6.92 Å². The molecule has 3 nitrogen and oxygen atoms in total. The van der Waals surface area contributed by atoms with Crippen molar-refractivity contribution in [1.29, 1.82) is 0 Å². The molecule has 0 aromatic heterocycles. The summed E-state index contributed by atoms with van der Waals surface area (Å²) in [6.45, 7) is 2.08. The van der Waals surface area contributed by atoms with Crippen molar-refractivity contribution in [3.63, 3.8) is 0 Å². The number of ether oxygens (including phenoxy) is 1. The molecule has 96 valence electrons. The van der Waals surface area contributed by atoms with Crippen LogP contribution in [0.15, 0.2) is 12.1 Å². The first-order valence-corrected chi connectivity index (χ1v) is 6.11. The Bertz CT molecular complexity index is 366. The molecular weight excluding hydrogens is 240 g/mol. The molecule has 0 saturated carbocycles. The second-order valence-electron chi connectivity index (χ2n) is 4.08. The van der Waals surface area contributed by atoms with E-state index >= 15 is 0 Å². The number of methoxy groups -OCH3 is 1. The van der Waals surface area contributed by atoms with Crippen LogP contribution in [-0.4, -0.2) is 23.9 Å². The fraction of sp³-hybridized carbons (Fsp3) is 0.538. The first kappa shape index (κ1) is 14.3. The zero-order valence-corrected chi connectivity index (χ0v) is 11.0. The van der Waals surface area contributed by atoms with Gasteiger partial charge in [0, 0.05) is 6.61 Å². The topological polar surface area (TPSA) is 49.7 Å². The number of rotatable bonds is 6. The standard InChI is InChI=1S/C13H19ClO3/c1-9-7-13(17-2)11(14)8-10(9)12(16)5-3-4-6-15/h7-8,12,15-16H,3-6H2,1-2H3. The first-order chi connectivity index (χ1) is 8.10. The summed E-state index contributed by atoms with van der Waals surface area (Å²) in [6.07, 6.45) is 1.59. The Balaban J connectivity index is 2.79. The van der Waals surface area contributed by atoms with Crippen molar-refractivity contribution in [2.45, 2.75) is 32.3 Å². The Morgan fingerprint density at radius 3 is 2.65 bits per heavy atom. The van der Waals surface area contributed by atoms with Crippen molar-refractivity contribution in [3.8, 4) is 5.75 Å². The molecule has 4 heteroatoms. The molecule has 0 amide bonds. The van der Waals surface area contributed by atoms with E-state index in [1.807, 2.05) is 13.0 Å². The van der Waals surface area contributed by atoms with E-state index in [-0.39, 0.29) is 6.61 Å². The third-order valence-corrected chi connectivity index (χ3v) is 3.08. The highest BCUT2D eigenvalue weighted by Crippen LogP contribution is 2.32. The SMILES string of the molecule is COc1cc(C)c(C(O)CCCCO)cc1Cl. The van der Waals surface area contributed by atoms with Crippen molar-refractivity contribution in [1.82, 2.24) is 0 Å². The van der Waals surface area contributed by atoms with Gasteiger partial charge in [-0.1, -0.05) is 11.6 Å². The molecule has 0 aliphatic carbocycles. The number of aliphatic hydroxyl groups excluding tert-OH is 2. The van der Waals surface area contributed by atoms with Gasteiger partial charge < -0.3 is 14.9 Å². The minimum Gasteiger partial charge on any atom is -0.495 e.